The molecule has 2 nitrogen and oxygen atoms in total. The Bertz CT molecular complexity index is 542. The van der Waals surface area contributed by atoms with Crippen LogP contribution in [0.2, 0.25) is 0 Å². The van der Waals surface area contributed by atoms with Crippen LogP contribution in [0.15, 0.2) is 57.9 Å². The van der Waals surface area contributed by atoms with Crippen LogP contribution in [0.25, 0.3) is 0 Å². The number of hydrogen-bond acceptors (Lipinski definition) is 3. The number of halogens is 1. The van der Waals surface area contributed by atoms with Crippen molar-refractivity contribution in [1.82, 2.24) is 5.43 Å². The molecule has 1 atom stereocenters. The number of aryl methyl sites for hydroxylation is 1. The van der Waals surface area contributed by atoms with Gasteiger partial charge in [-0.2, -0.15) is 0 Å². The summed E-state index contributed by atoms with van der Waals surface area (Å²) in [5, 5.41) is 0. The second-order valence-electron chi connectivity index (χ2n) is 4.76. The lowest BCUT2D eigenvalue weighted by Gasteiger charge is -2.17. The van der Waals surface area contributed by atoms with Gasteiger partial charge >= 0.3 is 0 Å². The molecule has 20 heavy (non-hydrogen) atoms. The van der Waals surface area contributed by atoms with Crippen molar-refractivity contribution in [2.24, 2.45) is 5.84 Å². The standard InChI is InChI=1S/C16H19BrN2S/c1-12-4-2-3-5-13(12)10-15(19-18)11-20-16-8-6-14(17)7-9-16/h2-9,15,19H,10-11,18H2,1H3. The van der Waals surface area contributed by atoms with Crippen LogP contribution in [0, 0.1) is 6.92 Å². The molecule has 2 aromatic carbocycles. The molecule has 0 saturated heterocycles. The van der Waals surface area contributed by atoms with Crippen LogP contribution in [-0.2, 0) is 6.42 Å². The topological polar surface area (TPSA) is 38.0 Å². The van der Waals surface area contributed by atoms with Crippen LogP contribution in [0.5, 0.6) is 0 Å². The van der Waals surface area contributed by atoms with Crippen molar-refractivity contribution in [3.8, 4) is 0 Å². The Morgan fingerprint density at radius 1 is 1.15 bits per heavy atom. The smallest absolute Gasteiger partial charge is 0.0345 e. The van der Waals surface area contributed by atoms with Crippen LogP contribution >= 0.6 is 27.7 Å². The van der Waals surface area contributed by atoms with Crippen LogP contribution in [0.1, 0.15) is 11.1 Å². The average Bonchev–Trinajstić information content (AvgIpc) is 2.47. The van der Waals surface area contributed by atoms with E-state index in [9.17, 15) is 0 Å². The third-order valence-corrected chi connectivity index (χ3v) is 4.93. The Balaban J connectivity index is 1.92. The van der Waals surface area contributed by atoms with E-state index in [2.05, 4.69) is 76.8 Å². The molecule has 4 heteroatoms. The second-order valence-corrected chi connectivity index (χ2v) is 6.77. The summed E-state index contributed by atoms with van der Waals surface area (Å²) < 4.78 is 1.11. The van der Waals surface area contributed by atoms with Crippen molar-refractivity contribution in [3.05, 3.63) is 64.1 Å². The third-order valence-electron chi connectivity index (χ3n) is 3.23. The summed E-state index contributed by atoms with van der Waals surface area (Å²) in [5.74, 6) is 6.64. The number of hydrazine groups is 1. The van der Waals surface area contributed by atoms with E-state index in [4.69, 9.17) is 5.84 Å². The zero-order valence-electron chi connectivity index (χ0n) is 11.5. The number of hydrogen-bond donors (Lipinski definition) is 2. The van der Waals surface area contributed by atoms with Gasteiger partial charge in [0.1, 0.15) is 0 Å². The van der Waals surface area contributed by atoms with Gasteiger partial charge in [0.15, 0.2) is 0 Å². The first-order chi connectivity index (χ1) is 9.69. The first kappa shape index (κ1) is 15.6. The lowest BCUT2D eigenvalue weighted by Crippen LogP contribution is -2.38. The van der Waals surface area contributed by atoms with Gasteiger partial charge in [-0.05, 0) is 48.7 Å². The predicted molar refractivity (Wildman–Crippen MR) is 90.9 cm³/mol. The molecule has 0 aliphatic carbocycles. The highest BCUT2D eigenvalue weighted by atomic mass is 79.9. The van der Waals surface area contributed by atoms with Crippen LogP contribution in [0.3, 0.4) is 0 Å². The highest BCUT2D eigenvalue weighted by Crippen LogP contribution is 2.22. The molecule has 1 unspecified atom stereocenters. The van der Waals surface area contributed by atoms with E-state index in [1.807, 2.05) is 11.8 Å². The summed E-state index contributed by atoms with van der Waals surface area (Å²) in [4.78, 5) is 1.26. The predicted octanol–water partition coefficient (Wildman–Crippen LogP) is 3.92. The Kier molecular flexibility index (Phi) is 6.10. The minimum atomic E-state index is 0.268. The molecule has 0 amide bonds. The second kappa shape index (κ2) is 7.84. The zero-order chi connectivity index (χ0) is 14.4. The first-order valence-corrected chi connectivity index (χ1v) is 8.36. The Hall–Kier alpha value is -0.810. The van der Waals surface area contributed by atoms with Gasteiger partial charge in [0.05, 0.1) is 0 Å². The summed E-state index contributed by atoms with van der Waals surface area (Å²) in [6, 6.07) is 17.1. The van der Waals surface area contributed by atoms with Gasteiger partial charge in [0.25, 0.3) is 0 Å². The van der Waals surface area contributed by atoms with Gasteiger partial charge in [0, 0.05) is 21.2 Å². The van der Waals surface area contributed by atoms with Crippen LogP contribution < -0.4 is 11.3 Å². The van der Waals surface area contributed by atoms with Crippen molar-refractivity contribution >= 4 is 27.7 Å². The van der Waals surface area contributed by atoms with Gasteiger partial charge in [0.2, 0.25) is 0 Å². The van der Waals surface area contributed by atoms with E-state index in [-0.39, 0.29) is 6.04 Å². The van der Waals surface area contributed by atoms with Gasteiger partial charge in [-0.3, -0.25) is 11.3 Å². The molecule has 0 fully saturated rings. The van der Waals surface area contributed by atoms with Crippen molar-refractivity contribution in [1.29, 1.82) is 0 Å². The minimum Gasteiger partial charge on any atom is -0.271 e. The van der Waals surface area contributed by atoms with E-state index in [1.54, 1.807) is 0 Å². The molecular formula is C16H19BrN2S. The number of benzene rings is 2. The minimum absolute atomic E-state index is 0.268. The molecule has 0 aliphatic heterocycles. The summed E-state index contributed by atoms with van der Waals surface area (Å²) in [6.07, 6.45) is 0.951. The number of thioether (sulfide) groups is 1. The van der Waals surface area contributed by atoms with E-state index in [0.717, 1.165) is 16.6 Å². The lowest BCUT2D eigenvalue weighted by molar-refractivity contribution is 0.574. The fraction of sp³-hybridized carbons (Fsp3) is 0.250. The molecule has 0 aliphatic rings. The van der Waals surface area contributed by atoms with Gasteiger partial charge in [-0.1, -0.05) is 40.2 Å². The molecule has 2 aromatic rings. The summed E-state index contributed by atoms with van der Waals surface area (Å²) in [6.45, 7) is 2.14. The molecule has 0 spiro atoms. The first-order valence-electron chi connectivity index (χ1n) is 6.58. The van der Waals surface area contributed by atoms with Gasteiger partial charge in [-0.15, -0.1) is 11.8 Å². The van der Waals surface area contributed by atoms with Crippen molar-refractivity contribution in [2.75, 3.05) is 5.75 Å². The van der Waals surface area contributed by atoms with Crippen molar-refractivity contribution < 1.29 is 0 Å². The Morgan fingerprint density at radius 2 is 1.85 bits per heavy atom. The zero-order valence-corrected chi connectivity index (χ0v) is 13.9. The highest BCUT2D eigenvalue weighted by Gasteiger charge is 2.10. The fourth-order valence-electron chi connectivity index (χ4n) is 2.00. The SMILES string of the molecule is Cc1ccccc1CC(CSc1ccc(Br)cc1)NN. The largest absolute Gasteiger partial charge is 0.271 e. The van der Waals surface area contributed by atoms with Crippen molar-refractivity contribution in [3.63, 3.8) is 0 Å². The van der Waals surface area contributed by atoms with Gasteiger partial charge < -0.3 is 0 Å². The number of nitrogens with one attached hydrogen (secondary N) is 1. The molecule has 2 rings (SSSR count). The fourth-order valence-corrected chi connectivity index (χ4v) is 3.20. The van der Waals surface area contributed by atoms with Crippen LogP contribution in [-0.4, -0.2) is 11.8 Å². The normalized spacial score (nSPS) is 12.3. The molecule has 106 valence electrons. The van der Waals surface area contributed by atoms with Crippen LogP contribution in [0.4, 0.5) is 0 Å². The number of nitrogens with two attached hydrogens (primary N) is 1. The summed E-state index contributed by atoms with van der Waals surface area (Å²) in [5.41, 5.74) is 5.60. The van der Waals surface area contributed by atoms with E-state index in [0.29, 0.717) is 0 Å². The molecule has 0 heterocycles. The molecule has 0 bridgehead atoms. The summed E-state index contributed by atoms with van der Waals surface area (Å²) in [7, 11) is 0. The highest BCUT2D eigenvalue weighted by molar-refractivity contribution is 9.10. The lowest BCUT2D eigenvalue weighted by atomic mass is 10.0. The maximum absolute atomic E-state index is 5.69. The van der Waals surface area contributed by atoms with E-state index < -0.39 is 0 Å². The van der Waals surface area contributed by atoms with E-state index in [1.165, 1.54) is 16.0 Å². The Labute approximate surface area is 133 Å². The molecule has 0 radical (unpaired) electrons. The molecular weight excluding hydrogens is 332 g/mol. The monoisotopic (exact) mass is 350 g/mol. The van der Waals surface area contributed by atoms with Crippen molar-refractivity contribution in [2.45, 2.75) is 24.3 Å². The quantitative estimate of drug-likeness (QED) is 0.471. The average molecular weight is 351 g/mol. The molecule has 3 N–H and O–H groups in total. The Morgan fingerprint density at radius 3 is 2.50 bits per heavy atom. The number of rotatable bonds is 6. The summed E-state index contributed by atoms with van der Waals surface area (Å²) >= 11 is 5.27. The maximum atomic E-state index is 5.69. The van der Waals surface area contributed by atoms with E-state index >= 15 is 0 Å². The molecule has 0 saturated carbocycles. The molecule has 0 aromatic heterocycles. The maximum Gasteiger partial charge on any atom is 0.0345 e. The van der Waals surface area contributed by atoms with Gasteiger partial charge in [-0.25, -0.2) is 0 Å². The third kappa shape index (κ3) is 4.63.